The molecule has 1 atom stereocenters. The van der Waals surface area contributed by atoms with Crippen molar-refractivity contribution in [2.75, 3.05) is 19.6 Å². The van der Waals surface area contributed by atoms with Gasteiger partial charge < -0.3 is 14.9 Å². The third-order valence-electron chi connectivity index (χ3n) is 4.14. The highest BCUT2D eigenvalue weighted by atomic mass is 16.4. The van der Waals surface area contributed by atoms with E-state index in [1.54, 1.807) is 17.0 Å². The van der Waals surface area contributed by atoms with Crippen LogP contribution < -0.4 is 0 Å². The van der Waals surface area contributed by atoms with Crippen LogP contribution in [0.1, 0.15) is 33.6 Å². The summed E-state index contributed by atoms with van der Waals surface area (Å²) in [5, 5.41) is 8.98. The van der Waals surface area contributed by atoms with Crippen molar-refractivity contribution in [3.63, 3.8) is 0 Å². The van der Waals surface area contributed by atoms with Crippen LogP contribution in [0, 0.1) is 0 Å². The van der Waals surface area contributed by atoms with Gasteiger partial charge in [0.15, 0.2) is 0 Å². The highest BCUT2D eigenvalue weighted by Gasteiger charge is 2.37. The van der Waals surface area contributed by atoms with E-state index >= 15 is 0 Å². The van der Waals surface area contributed by atoms with E-state index in [9.17, 15) is 14.4 Å². The minimum absolute atomic E-state index is 0.107. The average molecular weight is 288 g/mol. The van der Waals surface area contributed by atoms with Crippen LogP contribution in [0.15, 0.2) is 24.3 Å². The SMILES string of the molecule is O=C(O)c1cccc(C(=O)N2CCN3C(=O)CCC3C2)c1. The van der Waals surface area contributed by atoms with Crippen LogP contribution >= 0.6 is 0 Å². The molecule has 2 aliphatic heterocycles. The second kappa shape index (κ2) is 5.20. The van der Waals surface area contributed by atoms with Crippen molar-refractivity contribution in [1.29, 1.82) is 0 Å². The van der Waals surface area contributed by atoms with Crippen LogP contribution in [-0.4, -0.2) is 58.4 Å². The van der Waals surface area contributed by atoms with E-state index in [1.807, 2.05) is 4.90 Å². The maximum absolute atomic E-state index is 12.5. The monoisotopic (exact) mass is 288 g/mol. The molecule has 0 radical (unpaired) electrons. The molecule has 2 saturated heterocycles. The average Bonchev–Trinajstić information content (AvgIpc) is 2.87. The van der Waals surface area contributed by atoms with Crippen LogP contribution in [0.5, 0.6) is 0 Å². The van der Waals surface area contributed by atoms with Gasteiger partial charge in [0.2, 0.25) is 5.91 Å². The van der Waals surface area contributed by atoms with Crippen molar-refractivity contribution in [2.24, 2.45) is 0 Å². The maximum Gasteiger partial charge on any atom is 0.335 e. The van der Waals surface area contributed by atoms with E-state index in [-0.39, 0.29) is 23.4 Å². The van der Waals surface area contributed by atoms with Crippen LogP contribution in [0.4, 0.5) is 0 Å². The van der Waals surface area contributed by atoms with Crippen LogP contribution in [0.2, 0.25) is 0 Å². The fraction of sp³-hybridized carbons (Fsp3) is 0.400. The largest absolute Gasteiger partial charge is 0.478 e. The van der Waals surface area contributed by atoms with Gasteiger partial charge in [0, 0.05) is 37.7 Å². The smallest absolute Gasteiger partial charge is 0.335 e. The molecule has 0 aromatic heterocycles. The van der Waals surface area contributed by atoms with Gasteiger partial charge in [0.05, 0.1) is 5.56 Å². The first kappa shape index (κ1) is 13.6. The fourth-order valence-corrected chi connectivity index (χ4v) is 3.02. The Morgan fingerprint density at radius 1 is 1.19 bits per heavy atom. The molecule has 2 amide bonds. The van der Waals surface area contributed by atoms with Crippen LogP contribution in [0.3, 0.4) is 0 Å². The van der Waals surface area contributed by atoms with E-state index < -0.39 is 5.97 Å². The third kappa shape index (κ3) is 2.49. The van der Waals surface area contributed by atoms with Crippen molar-refractivity contribution in [2.45, 2.75) is 18.9 Å². The molecular formula is C15H16N2O4. The molecule has 6 nitrogen and oxygen atoms in total. The van der Waals surface area contributed by atoms with Crippen molar-refractivity contribution in [1.82, 2.24) is 9.80 Å². The van der Waals surface area contributed by atoms with Crippen molar-refractivity contribution < 1.29 is 19.5 Å². The highest BCUT2D eigenvalue weighted by Crippen LogP contribution is 2.23. The quantitative estimate of drug-likeness (QED) is 0.874. The Labute approximate surface area is 122 Å². The number of nitrogens with zero attached hydrogens (tertiary/aromatic N) is 2. The Bertz CT molecular complexity index is 613. The van der Waals surface area contributed by atoms with Gasteiger partial charge in [-0.1, -0.05) is 6.07 Å². The number of rotatable bonds is 2. The molecule has 0 saturated carbocycles. The highest BCUT2D eigenvalue weighted by molar-refractivity contribution is 5.97. The lowest BCUT2D eigenvalue weighted by atomic mass is 10.1. The van der Waals surface area contributed by atoms with Gasteiger partial charge in [0.25, 0.3) is 5.91 Å². The van der Waals surface area contributed by atoms with Gasteiger partial charge in [-0.3, -0.25) is 9.59 Å². The zero-order chi connectivity index (χ0) is 15.0. The Kier molecular flexibility index (Phi) is 3.37. The number of benzene rings is 1. The molecule has 6 heteroatoms. The number of piperazine rings is 1. The molecule has 3 rings (SSSR count). The van der Waals surface area contributed by atoms with Crippen LogP contribution in [-0.2, 0) is 4.79 Å². The lowest BCUT2D eigenvalue weighted by Crippen LogP contribution is -2.53. The number of carbonyl (C=O) groups is 3. The molecule has 0 aliphatic carbocycles. The summed E-state index contributed by atoms with van der Waals surface area (Å²) in [5.41, 5.74) is 0.489. The van der Waals surface area contributed by atoms with Gasteiger partial charge in [-0.15, -0.1) is 0 Å². The first-order chi connectivity index (χ1) is 10.1. The molecule has 2 fully saturated rings. The number of hydrogen-bond donors (Lipinski definition) is 1. The summed E-state index contributed by atoms with van der Waals surface area (Å²) in [7, 11) is 0. The second-order valence-electron chi connectivity index (χ2n) is 5.42. The summed E-state index contributed by atoms with van der Waals surface area (Å²) < 4.78 is 0. The van der Waals surface area contributed by atoms with E-state index in [0.29, 0.717) is 31.6 Å². The molecule has 1 N–H and O–H groups in total. The Balaban J connectivity index is 1.75. The van der Waals surface area contributed by atoms with Gasteiger partial charge in [-0.2, -0.15) is 0 Å². The van der Waals surface area contributed by atoms with E-state index in [4.69, 9.17) is 5.11 Å². The first-order valence-corrected chi connectivity index (χ1v) is 6.98. The van der Waals surface area contributed by atoms with Crippen molar-refractivity contribution in [3.05, 3.63) is 35.4 Å². The first-order valence-electron chi connectivity index (χ1n) is 6.98. The number of carboxylic acid groups (broad SMARTS) is 1. The van der Waals surface area contributed by atoms with Gasteiger partial charge in [-0.25, -0.2) is 4.79 Å². The number of aromatic carboxylic acids is 1. The minimum Gasteiger partial charge on any atom is -0.478 e. The zero-order valence-electron chi connectivity index (χ0n) is 11.5. The van der Waals surface area contributed by atoms with E-state index in [0.717, 1.165) is 6.42 Å². The van der Waals surface area contributed by atoms with Gasteiger partial charge in [-0.05, 0) is 24.6 Å². The van der Waals surface area contributed by atoms with Crippen LogP contribution in [0.25, 0.3) is 0 Å². The minimum atomic E-state index is -1.05. The number of carboxylic acids is 1. The molecule has 0 bridgehead atoms. The molecule has 21 heavy (non-hydrogen) atoms. The van der Waals surface area contributed by atoms with Crippen molar-refractivity contribution >= 4 is 17.8 Å². The summed E-state index contributed by atoms with van der Waals surface area (Å²) in [6.45, 7) is 1.59. The number of hydrogen-bond acceptors (Lipinski definition) is 3. The summed E-state index contributed by atoms with van der Waals surface area (Å²) in [6, 6.07) is 6.18. The molecule has 1 unspecified atom stereocenters. The number of fused-ring (bicyclic) bond motifs is 1. The normalized spacial score (nSPS) is 21.3. The summed E-state index contributed by atoms with van der Waals surface area (Å²) in [4.78, 5) is 38.6. The number of amides is 2. The molecule has 2 aliphatic rings. The van der Waals surface area contributed by atoms with Gasteiger partial charge >= 0.3 is 5.97 Å². The molecule has 0 spiro atoms. The Hall–Kier alpha value is -2.37. The third-order valence-corrected chi connectivity index (χ3v) is 4.14. The molecule has 1 aromatic rings. The zero-order valence-corrected chi connectivity index (χ0v) is 11.5. The Morgan fingerprint density at radius 2 is 1.95 bits per heavy atom. The molecular weight excluding hydrogens is 272 g/mol. The molecule has 110 valence electrons. The summed E-state index contributed by atoms with van der Waals surface area (Å²) >= 11 is 0. The maximum atomic E-state index is 12.5. The second-order valence-corrected chi connectivity index (χ2v) is 5.42. The molecule has 1 aromatic carbocycles. The lowest BCUT2D eigenvalue weighted by Gasteiger charge is -2.37. The predicted molar refractivity (Wildman–Crippen MR) is 74.0 cm³/mol. The topological polar surface area (TPSA) is 77.9 Å². The predicted octanol–water partition coefficient (Wildman–Crippen LogP) is 0.832. The standard InChI is InChI=1S/C15H16N2O4/c18-13-5-4-12-9-16(6-7-17(12)13)14(19)10-2-1-3-11(8-10)15(20)21/h1-3,8,12H,4-7,9H2,(H,20,21). The number of carbonyl (C=O) groups excluding carboxylic acids is 2. The summed E-state index contributed by atoms with van der Waals surface area (Å²) in [5.74, 6) is -1.05. The van der Waals surface area contributed by atoms with Crippen molar-refractivity contribution in [3.8, 4) is 0 Å². The lowest BCUT2D eigenvalue weighted by molar-refractivity contribution is -0.130. The molecule has 2 heterocycles. The Morgan fingerprint density at radius 3 is 2.71 bits per heavy atom. The van der Waals surface area contributed by atoms with E-state index in [1.165, 1.54) is 12.1 Å². The van der Waals surface area contributed by atoms with E-state index in [2.05, 4.69) is 0 Å². The summed E-state index contributed by atoms with van der Waals surface area (Å²) in [6.07, 6.45) is 1.35. The van der Waals surface area contributed by atoms with Gasteiger partial charge in [0.1, 0.15) is 0 Å². The fourth-order valence-electron chi connectivity index (χ4n) is 3.02.